The summed E-state index contributed by atoms with van der Waals surface area (Å²) >= 11 is 1.41. The first-order valence-electron chi connectivity index (χ1n) is 3.53. The van der Waals surface area contributed by atoms with Gasteiger partial charge in [0.05, 0.1) is 0 Å². The summed E-state index contributed by atoms with van der Waals surface area (Å²) in [7, 11) is -3.88. The van der Waals surface area contributed by atoms with E-state index in [1.807, 2.05) is 0 Å². The van der Waals surface area contributed by atoms with Crippen LogP contribution in [-0.2, 0) is 15.0 Å². The average molecular weight is 226 g/mol. The van der Waals surface area contributed by atoms with E-state index in [0.717, 1.165) is 4.31 Å². The summed E-state index contributed by atoms with van der Waals surface area (Å²) in [6, 6.07) is -1.02. The molecule has 0 bridgehead atoms. The molecule has 0 saturated carbocycles. The second-order valence-electron chi connectivity index (χ2n) is 2.58. The van der Waals surface area contributed by atoms with E-state index in [2.05, 4.69) is 0 Å². The monoisotopic (exact) mass is 226 g/mol. The molecule has 0 spiro atoms. The first-order chi connectivity index (χ1) is 5.93. The van der Waals surface area contributed by atoms with E-state index in [9.17, 15) is 13.2 Å². The van der Waals surface area contributed by atoms with Gasteiger partial charge in [-0.1, -0.05) is 0 Å². The maximum absolute atomic E-state index is 10.9. The Bertz CT molecular complexity index is 302. The Kier molecular flexibility index (Phi) is 3.17. The smallest absolute Gasteiger partial charge is 0.322 e. The summed E-state index contributed by atoms with van der Waals surface area (Å²) in [5.41, 5.74) is 0. The standard InChI is InChI=1S/C5H10N2O4S2/c6-13(10,11)7-1-2-12-3-4(7)5(8)9/h4H,1-3H2,(H,8,9)(H2,6,10,11). The maximum Gasteiger partial charge on any atom is 0.322 e. The lowest BCUT2D eigenvalue weighted by Gasteiger charge is -2.29. The predicted molar refractivity (Wildman–Crippen MR) is 48.6 cm³/mol. The normalized spacial score (nSPS) is 25.8. The number of nitrogens with two attached hydrogens (primary N) is 1. The van der Waals surface area contributed by atoms with E-state index in [1.165, 1.54) is 11.8 Å². The minimum Gasteiger partial charge on any atom is -0.480 e. The molecule has 1 unspecified atom stereocenters. The van der Waals surface area contributed by atoms with Gasteiger partial charge in [-0.05, 0) is 0 Å². The number of nitrogens with zero attached hydrogens (tertiary/aromatic N) is 1. The molecule has 0 amide bonds. The number of hydrogen-bond acceptors (Lipinski definition) is 4. The van der Waals surface area contributed by atoms with Crippen LogP contribution in [0.2, 0.25) is 0 Å². The van der Waals surface area contributed by atoms with Crippen LogP contribution in [0.1, 0.15) is 0 Å². The van der Waals surface area contributed by atoms with Crippen molar-refractivity contribution in [2.75, 3.05) is 18.1 Å². The Balaban J connectivity index is 2.86. The number of carboxylic acids is 1. The molecule has 1 atom stereocenters. The van der Waals surface area contributed by atoms with Crippen molar-refractivity contribution in [1.82, 2.24) is 4.31 Å². The van der Waals surface area contributed by atoms with Crippen LogP contribution in [-0.4, -0.2) is 47.9 Å². The third-order valence-electron chi connectivity index (χ3n) is 1.69. The van der Waals surface area contributed by atoms with Crippen LogP contribution < -0.4 is 5.14 Å². The Morgan fingerprint density at radius 2 is 2.23 bits per heavy atom. The van der Waals surface area contributed by atoms with Crippen LogP contribution in [0.4, 0.5) is 0 Å². The molecule has 0 aromatic heterocycles. The van der Waals surface area contributed by atoms with Gasteiger partial charge < -0.3 is 5.11 Å². The van der Waals surface area contributed by atoms with Crippen LogP contribution in [0.25, 0.3) is 0 Å². The minimum absolute atomic E-state index is 0.167. The topological polar surface area (TPSA) is 101 Å². The minimum atomic E-state index is -3.88. The van der Waals surface area contributed by atoms with E-state index in [4.69, 9.17) is 10.2 Å². The maximum atomic E-state index is 10.9. The van der Waals surface area contributed by atoms with E-state index >= 15 is 0 Å². The van der Waals surface area contributed by atoms with Crippen LogP contribution in [0.15, 0.2) is 0 Å². The fraction of sp³-hybridized carbons (Fsp3) is 0.800. The highest BCUT2D eigenvalue weighted by molar-refractivity contribution is 7.99. The lowest BCUT2D eigenvalue weighted by atomic mass is 10.3. The largest absolute Gasteiger partial charge is 0.480 e. The highest BCUT2D eigenvalue weighted by Gasteiger charge is 2.35. The molecule has 13 heavy (non-hydrogen) atoms. The predicted octanol–water partition coefficient (Wildman–Crippen LogP) is -1.31. The Morgan fingerprint density at radius 3 is 2.62 bits per heavy atom. The number of aliphatic carboxylic acids is 1. The number of rotatable bonds is 2. The third-order valence-corrected chi connectivity index (χ3v) is 3.80. The van der Waals surface area contributed by atoms with Crippen LogP contribution in [0.5, 0.6) is 0 Å². The molecule has 3 N–H and O–H groups in total. The summed E-state index contributed by atoms with van der Waals surface area (Å²) in [5, 5.41) is 13.6. The van der Waals surface area contributed by atoms with Gasteiger partial charge in [0, 0.05) is 18.1 Å². The molecular weight excluding hydrogens is 216 g/mol. The zero-order chi connectivity index (χ0) is 10.1. The molecule has 0 aliphatic carbocycles. The number of hydrogen-bond donors (Lipinski definition) is 2. The number of carbonyl (C=O) groups is 1. The Morgan fingerprint density at radius 1 is 1.62 bits per heavy atom. The summed E-state index contributed by atoms with van der Waals surface area (Å²) < 4.78 is 22.7. The molecule has 1 fully saturated rings. The van der Waals surface area contributed by atoms with Crippen molar-refractivity contribution in [3.63, 3.8) is 0 Å². The number of thioether (sulfide) groups is 1. The van der Waals surface area contributed by atoms with Crippen molar-refractivity contribution < 1.29 is 18.3 Å². The SMILES string of the molecule is NS(=O)(=O)N1CCSCC1C(=O)O. The third kappa shape index (κ3) is 2.56. The van der Waals surface area contributed by atoms with Crippen molar-refractivity contribution in [3.8, 4) is 0 Å². The van der Waals surface area contributed by atoms with E-state index in [1.54, 1.807) is 0 Å². The first-order valence-corrected chi connectivity index (χ1v) is 6.19. The Hall–Kier alpha value is -0.310. The van der Waals surface area contributed by atoms with Crippen molar-refractivity contribution >= 4 is 27.9 Å². The van der Waals surface area contributed by atoms with Crippen LogP contribution in [0.3, 0.4) is 0 Å². The molecule has 0 aromatic carbocycles. The second kappa shape index (κ2) is 3.82. The second-order valence-corrected chi connectivity index (χ2v) is 5.23. The molecule has 6 nitrogen and oxygen atoms in total. The fourth-order valence-electron chi connectivity index (χ4n) is 1.09. The average Bonchev–Trinajstić information content (AvgIpc) is 2.03. The van der Waals surface area contributed by atoms with Crippen LogP contribution >= 0.6 is 11.8 Å². The molecule has 1 rings (SSSR count). The van der Waals surface area contributed by atoms with E-state index in [-0.39, 0.29) is 12.3 Å². The summed E-state index contributed by atoms with van der Waals surface area (Å²) in [6.45, 7) is 0.167. The summed E-state index contributed by atoms with van der Waals surface area (Å²) in [6.07, 6.45) is 0. The molecule has 76 valence electrons. The molecule has 0 radical (unpaired) electrons. The molecule has 0 aromatic rings. The van der Waals surface area contributed by atoms with Gasteiger partial charge in [-0.2, -0.15) is 24.5 Å². The lowest BCUT2D eigenvalue weighted by Crippen LogP contribution is -2.52. The molecule has 1 saturated heterocycles. The molecule has 1 heterocycles. The van der Waals surface area contributed by atoms with E-state index in [0.29, 0.717) is 5.75 Å². The quantitative estimate of drug-likeness (QED) is 0.609. The zero-order valence-corrected chi connectivity index (χ0v) is 8.34. The highest BCUT2D eigenvalue weighted by Crippen LogP contribution is 2.18. The van der Waals surface area contributed by atoms with Gasteiger partial charge in [0.1, 0.15) is 6.04 Å². The van der Waals surface area contributed by atoms with Crippen LogP contribution in [0, 0.1) is 0 Å². The fourth-order valence-corrected chi connectivity index (χ4v) is 3.20. The van der Waals surface area contributed by atoms with Gasteiger partial charge in [-0.25, -0.2) is 5.14 Å². The van der Waals surface area contributed by atoms with Gasteiger partial charge in [-0.3, -0.25) is 4.79 Å². The van der Waals surface area contributed by atoms with Gasteiger partial charge in [0.15, 0.2) is 0 Å². The van der Waals surface area contributed by atoms with E-state index < -0.39 is 22.2 Å². The molecule has 1 aliphatic heterocycles. The van der Waals surface area contributed by atoms with Crippen molar-refractivity contribution in [2.45, 2.75) is 6.04 Å². The van der Waals surface area contributed by atoms with Gasteiger partial charge >= 0.3 is 5.97 Å². The van der Waals surface area contributed by atoms with Crippen molar-refractivity contribution in [3.05, 3.63) is 0 Å². The van der Waals surface area contributed by atoms with Crippen molar-refractivity contribution in [1.29, 1.82) is 0 Å². The summed E-state index contributed by atoms with van der Waals surface area (Å²) in [5.74, 6) is -0.312. The highest BCUT2D eigenvalue weighted by atomic mass is 32.2. The summed E-state index contributed by atoms with van der Waals surface area (Å²) in [4.78, 5) is 10.6. The molecule has 1 aliphatic rings. The molecule has 8 heteroatoms. The lowest BCUT2D eigenvalue weighted by molar-refractivity contribution is -0.140. The zero-order valence-electron chi connectivity index (χ0n) is 6.71. The molecular formula is C5H10N2O4S2. The number of carboxylic acid groups (broad SMARTS) is 1. The van der Waals surface area contributed by atoms with Gasteiger partial charge in [0.25, 0.3) is 10.2 Å². The Labute approximate surface area is 80.3 Å². The van der Waals surface area contributed by atoms with Crippen molar-refractivity contribution in [2.24, 2.45) is 5.14 Å². The van der Waals surface area contributed by atoms with Gasteiger partial charge in [-0.15, -0.1) is 0 Å². The first kappa shape index (κ1) is 10.8. The van der Waals surface area contributed by atoms with Gasteiger partial charge in [0.2, 0.25) is 0 Å².